The van der Waals surface area contributed by atoms with Crippen molar-refractivity contribution in [1.82, 2.24) is 9.88 Å². The van der Waals surface area contributed by atoms with Crippen molar-refractivity contribution < 1.29 is 0 Å². The third-order valence-electron chi connectivity index (χ3n) is 4.57. The standard InChI is InChI=1S/C15H23N3/c16-13-5-7-14(8-6-13)18-10-2-4-15(18)12-3-1-9-17-11-12/h1,3,9,11,13-15H,2,4-8,10,16H2. The summed E-state index contributed by atoms with van der Waals surface area (Å²) in [5.41, 5.74) is 7.41. The third-order valence-corrected chi connectivity index (χ3v) is 4.57. The van der Waals surface area contributed by atoms with E-state index in [-0.39, 0.29) is 0 Å². The van der Waals surface area contributed by atoms with E-state index in [1.807, 2.05) is 12.4 Å². The molecule has 98 valence electrons. The minimum Gasteiger partial charge on any atom is -0.328 e. The van der Waals surface area contributed by atoms with Crippen molar-refractivity contribution in [2.75, 3.05) is 6.54 Å². The number of hydrogen-bond donors (Lipinski definition) is 1. The summed E-state index contributed by atoms with van der Waals surface area (Å²) in [4.78, 5) is 6.99. The predicted octanol–water partition coefficient (Wildman–Crippen LogP) is 2.49. The first-order valence-electron chi connectivity index (χ1n) is 7.26. The average Bonchev–Trinajstić information content (AvgIpc) is 2.90. The Hall–Kier alpha value is -0.930. The molecule has 3 rings (SSSR count). The molecule has 1 aromatic heterocycles. The first kappa shape index (κ1) is 12.1. The minimum atomic E-state index is 0.445. The van der Waals surface area contributed by atoms with Gasteiger partial charge in [-0.25, -0.2) is 0 Å². The molecule has 2 aliphatic rings. The molecule has 2 heterocycles. The smallest absolute Gasteiger partial charge is 0.0366 e. The van der Waals surface area contributed by atoms with Crippen molar-refractivity contribution in [3.05, 3.63) is 30.1 Å². The van der Waals surface area contributed by atoms with Gasteiger partial charge >= 0.3 is 0 Å². The van der Waals surface area contributed by atoms with Gasteiger partial charge in [0, 0.05) is 30.5 Å². The fourth-order valence-corrected chi connectivity index (χ4v) is 3.59. The first-order valence-corrected chi connectivity index (χ1v) is 7.26. The SMILES string of the molecule is NC1CCC(N2CCCC2c2cccnc2)CC1. The van der Waals surface area contributed by atoms with Crippen LogP contribution in [0, 0.1) is 0 Å². The Morgan fingerprint density at radius 2 is 2.00 bits per heavy atom. The van der Waals surface area contributed by atoms with Crippen LogP contribution < -0.4 is 5.73 Å². The number of aromatic nitrogens is 1. The molecule has 1 atom stereocenters. The van der Waals surface area contributed by atoms with Crippen LogP contribution in [0.15, 0.2) is 24.5 Å². The topological polar surface area (TPSA) is 42.1 Å². The summed E-state index contributed by atoms with van der Waals surface area (Å²) < 4.78 is 0. The lowest BCUT2D eigenvalue weighted by Gasteiger charge is -2.37. The largest absolute Gasteiger partial charge is 0.328 e. The van der Waals surface area contributed by atoms with E-state index in [1.54, 1.807) is 0 Å². The molecule has 2 fully saturated rings. The van der Waals surface area contributed by atoms with Gasteiger partial charge in [0.05, 0.1) is 0 Å². The van der Waals surface area contributed by atoms with E-state index in [0.29, 0.717) is 12.1 Å². The molecule has 0 radical (unpaired) electrons. The molecule has 1 aromatic rings. The van der Waals surface area contributed by atoms with Crippen molar-refractivity contribution >= 4 is 0 Å². The zero-order valence-electron chi connectivity index (χ0n) is 11.0. The van der Waals surface area contributed by atoms with E-state index in [1.165, 1.54) is 50.6 Å². The summed E-state index contributed by atoms with van der Waals surface area (Å²) in [7, 11) is 0. The van der Waals surface area contributed by atoms with Crippen molar-refractivity contribution in [3.63, 3.8) is 0 Å². The van der Waals surface area contributed by atoms with Gasteiger partial charge in [0.15, 0.2) is 0 Å². The molecule has 1 saturated carbocycles. The summed E-state index contributed by atoms with van der Waals surface area (Å²) in [5.74, 6) is 0. The van der Waals surface area contributed by atoms with Gasteiger partial charge in [-0.1, -0.05) is 6.07 Å². The molecule has 18 heavy (non-hydrogen) atoms. The quantitative estimate of drug-likeness (QED) is 0.870. The lowest BCUT2D eigenvalue weighted by Crippen LogP contribution is -2.40. The normalized spacial score (nSPS) is 33.7. The number of nitrogens with zero attached hydrogens (tertiary/aromatic N) is 2. The Morgan fingerprint density at radius 3 is 2.72 bits per heavy atom. The van der Waals surface area contributed by atoms with Gasteiger partial charge in [-0.05, 0) is 56.7 Å². The lowest BCUT2D eigenvalue weighted by molar-refractivity contribution is 0.136. The maximum absolute atomic E-state index is 6.01. The van der Waals surface area contributed by atoms with Crippen molar-refractivity contribution in [1.29, 1.82) is 0 Å². The van der Waals surface area contributed by atoms with E-state index in [9.17, 15) is 0 Å². The van der Waals surface area contributed by atoms with Crippen LogP contribution in [-0.2, 0) is 0 Å². The van der Waals surface area contributed by atoms with Gasteiger partial charge in [0.2, 0.25) is 0 Å². The van der Waals surface area contributed by atoms with E-state index < -0.39 is 0 Å². The van der Waals surface area contributed by atoms with Gasteiger partial charge in [0.1, 0.15) is 0 Å². The van der Waals surface area contributed by atoms with Crippen molar-refractivity contribution in [2.24, 2.45) is 5.73 Å². The van der Waals surface area contributed by atoms with Crippen LogP contribution in [0.3, 0.4) is 0 Å². The second-order valence-electron chi connectivity index (χ2n) is 5.75. The summed E-state index contributed by atoms with van der Waals surface area (Å²) in [5, 5.41) is 0. The maximum atomic E-state index is 6.01. The van der Waals surface area contributed by atoms with Crippen LogP contribution >= 0.6 is 0 Å². The van der Waals surface area contributed by atoms with E-state index in [0.717, 1.165) is 6.04 Å². The zero-order valence-corrected chi connectivity index (χ0v) is 11.0. The third kappa shape index (κ3) is 2.43. The van der Waals surface area contributed by atoms with Crippen LogP contribution in [0.25, 0.3) is 0 Å². The van der Waals surface area contributed by atoms with E-state index in [4.69, 9.17) is 5.73 Å². The van der Waals surface area contributed by atoms with Gasteiger partial charge in [-0.2, -0.15) is 0 Å². The monoisotopic (exact) mass is 245 g/mol. The molecule has 0 aromatic carbocycles. The Balaban J connectivity index is 1.71. The summed E-state index contributed by atoms with van der Waals surface area (Å²) in [6, 6.07) is 6.07. The van der Waals surface area contributed by atoms with Crippen molar-refractivity contribution in [2.45, 2.75) is 56.7 Å². The highest BCUT2D eigenvalue weighted by molar-refractivity contribution is 5.16. The number of likely N-dealkylation sites (tertiary alicyclic amines) is 1. The highest BCUT2D eigenvalue weighted by Gasteiger charge is 2.33. The van der Waals surface area contributed by atoms with Gasteiger partial charge in [-0.15, -0.1) is 0 Å². The molecule has 1 unspecified atom stereocenters. The molecule has 3 heteroatoms. The highest BCUT2D eigenvalue weighted by Crippen LogP contribution is 2.36. The molecule has 0 amide bonds. The molecular formula is C15H23N3. The summed E-state index contributed by atoms with van der Waals surface area (Å²) in [6.07, 6.45) is 11.5. The summed E-state index contributed by atoms with van der Waals surface area (Å²) >= 11 is 0. The Morgan fingerprint density at radius 1 is 1.17 bits per heavy atom. The van der Waals surface area contributed by atoms with Crippen LogP contribution in [-0.4, -0.2) is 28.5 Å². The summed E-state index contributed by atoms with van der Waals surface area (Å²) in [6.45, 7) is 1.25. The number of hydrogen-bond acceptors (Lipinski definition) is 3. The van der Waals surface area contributed by atoms with E-state index >= 15 is 0 Å². The molecule has 0 bridgehead atoms. The molecular weight excluding hydrogens is 222 g/mol. The number of nitrogens with two attached hydrogens (primary N) is 1. The Labute approximate surface area is 109 Å². The molecule has 3 nitrogen and oxygen atoms in total. The van der Waals surface area contributed by atoms with Crippen LogP contribution in [0.2, 0.25) is 0 Å². The number of rotatable bonds is 2. The molecule has 1 aliphatic heterocycles. The predicted molar refractivity (Wildman–Crippen MR) is 73.1 cm³/mol. The fourth-order valence-electron chi connectivity index (χ4n) is 3.59. The number of pyridine rings is 1. The van der Waals surface area contributed by atoms with Gasteiger partial charge in [-0.3, -0.25) is 9.88 Å². The molecule has 1 saturated heterocycles. The first-order chi connectivity index (χ1) is 8.84. The van der Waals surface area contributed by atoms with Gasteiger partial charge in [0.25, 0.3) is 0 Å². The van der Waals surface area contributed by atoms with Crippen LogP contribution in [0.1, 0.15) is 50.1 Å². The Bertz CT molecular complexity index is 371. The molecule has 1 aliphatic carbocycles. The van der Waals surface area contributed by atoms with Crippen LogP contribution in [0.5, 0.6) is 0 Å². The van der Waals surface area contributed by atoms with Crippen LogP contribution in [0.4, 0.5) is 0 Å². The lowest BCUT2D eigenvalue weighted by atomic mass is 9.90. The van der Waals surface area contributed by atoms with E-state index in [2.05, 4.69) is 22.0 Å². The van der Waals surface area contributed by atoms with Crippen molar-refractivity contribution in [3.8, 4) is 0 Å². The second-order valence-corrected chi connectivity index (χ2v) is 5.75. The minimum absolute atomic E-state index is 0.445. The van der Waals surface area contributed by atoms with Gasteiger partial charge < -0.3 is 5.73 Å². The average molecular weight is 245 g/mol. The fraction of sp³-hybridized carbons (Fsp3) is 0.667. The molecule has 0 spiro atoms. The zero-order chi connectivity index (χ0) is 12.4. The highest BCUT2D eigenvalue weighted by atomic mass is 15.2. The maximum Gasteiger partial charge on any atom is 0.0366 e. The second kappa shape index (κ2) is 5.37. The Kier molecular flexibility index (Phi) is 3.62. The molecule has 2 N–H and O–H groups in total.